The van der Waals surface area contributed by atoms with E-state index in [1.165, 1.54) is 9.80 Å². The number of halogens is 2. The molecule has 9 heteroatoms. The lowest BCUT2D eigenvalue weighted by Crippen LogP contribution is -2.40. The summed E-state index contributed by atoms with van der Waals surface area (Å²) in [6, 6.07) is 11.2. The fourth-order valence-electron chi connectivity index (χ4n) is 6.87. The minimum absolute atomic E-state index is 0.00231. The third kappa shape index (κ3) is 3.47. The SMILES string of the molecule is O=C(Oc1ccc(N2C(=O)[C@@H]3[C@H]4C=C[C@@H]([C@@H]5C[C@H]45)[C@@H]3C2=O)cc1)[C@H]1CC(=O)N(c2cc(Cl)ccc2Cl)C1. The van der Waals surface area contributed by atoms with Crippen LogP contribution in [0.3, 0.4) is 0 Å². The van der Waals surface area contributed by atoms with Crippen LogP contribution in [0.1, 0.15) is 12.8 Å². The molecule has 188 valence electrons. The quantitative estimate of drug-likeness (QED) is 0.248. The molecule has 6 aliphatic rings. The number of ether oxygens (including phenoxy) is 1. The Morgan fingerprint density at radius 3 is 2.19 bits per heavy atom. The van der Waals surface area contributed by atoms with Gasteiger partial charge in [0.2, 0.25) is 17.7 Å². The third-order valence-electron chi connectivity index (χ3n) is 8.63. The molecule has 2 aromatic carbocycles. The summed E-state index contributed by atoms with van der Waals surface area (Å²) in [7, 11) is 0. The van der Waals surface area contributed by atoms with Crippen LogP contribution < -0.4 is 14.5 Å². The average molecular weight is 537 g/mol. The summed E-state index contributed by atoms with van der Waals surface area (Å²) in [5, 5.41) is 0.808. The van der Waals surface area contributed by atoms with Gasteiger partial charge in [-0.2, -0.15) is 0 Å². The molecule has 4 fully saturated rings. The fraction of sp³-hybridized carbons (Fsp3) is 0.357. The molecule has 0 unspecified atom stereocenters. The number of nitrogens with zero attached hydrogens (tertiary/aromatic N) is 2. The Kier molecular flexibility index (Phi) is 5.08. The van der Waals surface area contributed by atoms with Crippen molar-refractivity contribution in [3.8, 4) is 5.75 Å². The zero-order chi connectivity index (χ0) is 25.6. The summed E-state index contributed by atoms with van der Waals surface area (Å²) in [5.74, 6) is -0.540. The molecule has 7 atom stereocenters. The monoisotopic (exact) mass is 536 g/mol. The van der Waals surface area contributed by atoms with Crippen LogP contribution in [0.15, 0.2) is 54.6 Å². The van der Waals surface area contributed by atoms with Crippen molar-refractivity contribution in [1.29, 1.82) is 0 Å². The Bertz CT molecular complexity index is 1370. The normalized spacial score (nSPS) is 33.1. The van der Waals surface area contributed by atoms with Crippen LogP contribution in [0, 0.1) is 41.4 Å². The van der Waals surface area contributed by atoms with Gasteiger partial charge in [0.15, 0.2) is 0 Å². The van der Waals surface area contributed by atoms with E-state index in [9.17, 15) is 19.2 Å². The van der Waals surface area contributed by atoms with E-state index in [2.05, 4.69) is 12.2 Å². The van der Waals surface area contributed by atoms with Crippen molar-refractivity contribution in [2.75, 3.05) is 16.3 Å². The van der Waals surface area contributed by atoms with Crippen molar-refractivity contribution in [1.82, 2.24) is 0 Å². The largest absolute Gasteiger partial charge is 0.426 e. The van der Waals surface area contributed by atoms with E-state index in [4.69, 9.17) is 27.9 Å². The molecule has 2 heterocycles. The molecule has 3 amide bonds. The molecule has 8 rings (SSSR count). The Morgan fingerprint density at radius 2 is 1.54 bits per heavy atom. The summed E-state index contributed by atoms with van der Waals surface area (Å²) in [5.41, 5.74) is 0.940. The molecule has 2 aliphatic heterocycles. The number of benzene rings is 2. The van der Waals surface area contributed by atoms with Crippen molar-refractivity contribution in [2.45, 2.75) is 12.8 Å². The molecule has 4 aliphatic carbocycles. The van der Waals surface area contributed by atoms with Gasteiger partial charge in [-0.1, -0.05) is 35.4 Å². The van der Waals surface area contributed by atoms with Crippen LogP contribution in [0.25, 0.3) is 0 Å². The van der Waals surface area contributed by atoms with Crippen molar-refractivity contribution in [2.24, 2.45) is 41.4 Å². The third-order valence-corrected chi connectivity index (χ3v) is 9.19. The molecular weight excluding hydrogens is 515 g/mol. The van der Waals surface area contributed by atoms with Crippen LogP contribution in [-0.2, 0) is 19.2 Å². The molecule has 2 saturated heterocycles. The van der Waals surface area contributed by atoms with Crippen LogP contribution >= 0.6 is 23.2 Å². The van der Waals surface area contributed by atoms with Crippen LogP contribution in [0.4, 0.5) is 11.4 Å². The summed E-state index contributed by atoms with van der Waals surface area (Å²) >= 11 is 12.3. The van der Waals surface area contributed by atoms with Gasteiger partial charge in [-0.25, -0.2) is 0 Å². The van der Waals surface area contributed by atoms with E-state index in [-0.39, 0.29) is 60.1 Å². The second-order valence-corrected chi connectivity index (χ2v) is 11.4. The number of amides is 3. The first-order chi connectivity index (χ1) is 17.8. The van der Waals surface area contributed by atoms with Crippen LogP contribution in [0.2, 0.25) is 10.0 Å². The summed E-state index contributed by atoms with van der Waals surface area (Å²) in [6.07, 6.45) is 5.41. The predicted octanol–water partition coefficient (Wildman–Crippen LogP) is 4.51. The first-order valence-electron chi connectivity index (χ1n) is 12.4. The number of rotatable bonds is 4. The number of anilines is 2. The molecule has 0 N–H and O–H groups in total. The van der Waals surface area contributed by atoms with E-state index in [0.717, 1.165) is 6.42 Å². The Morgan fingerprint density at radius 1 is 0.892 bits per heavy atom. The molecule has 0 radical (unpaired) electrons. The molecule has 2 bridgehead atoms. The standard InChI is InChI=1S/C28H22Cl2N2O5/c29-14-1-8-21(30)22(10-14)31-12-13(9-23(31)33)28(36)37-16-4-2-15(3-5-16)32-26(34)24-17-6-7-18(20-11-19(17)20)25(24)27(32)35/h1-8,10,13,17-20,24-25H,9,11-12H2/t13-,17-,18-,19-,20+,24-,25+/m0/s1. The molecular formula is C28H22Cl2N2O5. The second kappa shape index (κ2) is 8.17. The minimum Gasteiger partial charge on any atom is -0.426 e. The van der Waals surface area contributed by atoms with Gasteiger partial charge in [0.1, 0.15) is 5.75 Å². The topological polar surface area (TPSA) is 84.0 Å². The van der Waals surface area contributed by atoms with Gasteiger partial charge in [0.25, 0.3) is 0 Å². The molecule has 0 aromatic heterocycles. The summed E-state index contributed by atoms with van der Waals surface area (Å²) < 4.78 is 5.54. The summed E-state index contributed by atoms with van der Waals surface area (Å²) in [6.45, 7) is 0.133. The van der Waals surface area contributed by atoms with Crippen molar-refractivity contribution in [3.05, 3.63) is 64.7 Å². The number of hydrogen-bond donors (Lipinski definition) is 0. The highest BCUT2D eigenvalue weighted by Gasteiger charge is 2.67. The number of imide groups is 1. The van der Waals surface area contributed by atoms with Gasteiger partial charge in [-0.15, -0.1) is 0 Å². The van der Waals surface area contributed by atoms with E-state index in [1.807, 2.05) is 0 Å². The number of hydrogen-bond acceptors (Lipinski definition) is 5. The molecule has 2 aromatic rings. The van der Waals surface area contributed by atoms with E-state index in [0.29, 0.717) is 33.3 Å². The first-order valence-corrected chi connectivity index (χ1v) is 13.2. The Balaban J connectivity index is 1.04. The van der Waals surface area contributed by atoms with Gasteiger partial charge in [0.05, 0.1) is 34.2 Å². The van der Waals surface area contributed by atoms with Crippen molar-refractivity contribution in [3.63, 3.8) is 0 Å². The highest BCUT2D eigenvalue weighted by atomic mass is 35.5. The highest BCUT2D eigenvalue weighted by molar-refractivity contribution is 6.36. The maximum absolute atomic E-state index is 13.3. The highest BCUT2D eigenvalue weighted by Crippen LogP contribution is 2.65. The maximum Gasteiger partial charge on any atom is 0.316 e. The van der Waals surface area contributed by atoms with E-state index < -0.39 is 11.9 Å². The lowest BCUT2D eigenvalue weighted by atomic mass is 9.63. The Hall–Kier alpha value is -3.16. The van der Waals surface area contributed by atoms with E-state index >= 15 is 0 Å². The number of carbonyl (C=O) groups is 4. The average Bonchev–Trinajstić information content (AvgIpc) is 3.57. The van der Waals surface area contributed by atoms with E-state index in [1.54, 1.807) is 42.5 Å². The zero-order valence-electron chi connectivity index (χ0n) is 19.6. The molecule has 2 saturated carbocycles. The van der Waals surface area contributed by atoms with Crippen LogP contribution in [-0.4, -0.2) is 30.2 Å². The maximum atomic E-state index is 13.3. The number of allylic oxidation sites excluding steroid dienone is 2. The van der Waals surface area contributed by atoms with Gasteiger partial charge < -0.3 is 9.64 Å². The molecule has 37 heavy (non-hydrogen) atoms. The smallest absolute Gasteiger partial charge is 0.316 e. The number of esters is 1. The second-order valence-electron chi connectivity index (χ2n) is 10.6. The molecule has 7 nitrogen and oxygen atoms in total. The zero-order valence-corrected chi connectivity index (χ0v) is 21.1. The van der Waals surface area contributed by atoms with Crippen molar-refractivity contribution >= 4 is 58.3 Å². The van der Waals surface area contributed by atoms with Gasteiger partial charge in [0, 0.05) is 18.0 Å². The predicted molar refractivity (Wildman–Crippen MR) is 136 cm³/mol. The summed E-state index contributed by atoms with van der Waals surface area (Å²) in [4.78, 5) is 54.8. The lowest BCUT2D eigenvalue weighted by molar-refractivity contribution is -0.139. The van der Waals surface area contributed by atoms with Crippen molar-refractivity contribution < 1.29 is 23.9 Å². The fourth-order valence-corrected chi connectivity index (χ4v) is 7.25. The lowest BCUT2D eigenvalue weighted by Gasteiger charge is -2.37. The van der Waals surface area contributed by atoms with Crippen LogP contribution in [0.5, 0.6) is 5.75 Å². The van der Waals surface area contributed by atoms with Gasteiger partial charge >= 0.3 is 5.97 Å². The minimum atomic E-state index is -0.665. The van der Waals surface area contributed by atoms with Gasteiger partial charge in [-0.3, -0.25) is 24.1 Å². The number of carbonyl (C=O) groups excluding carboxylic acids is 4. The molecule has 0 spiro atoms. The first kappa shape index (κ1) is 23.0. The van der Waals surface area contributed by atoms with Gasteiger partial charge in [-0.05, 0) is 72.6 Å². The Labute approximate surface area is 222 Å².